The molecule has 0 saturated heterocycles. The fraction of sp³-hybridized carbons (Fsp3) is 0.625. The average molecular weight is 344 g/mol. The van der Waals surface area contributed by atoms with Crippen molar-refractivity contribution < 1.29 is 9.47 Å². The third kappa shape index (κ3) is 3.74. The Labute approximate surface area is 131 Å². The van der Waals surface area contributed by atoms with Crippen molar-refractivity contribution in [3.05, 3.63) is 28.2 Å². The van der Waals surface area contributed by atoms with Gasteiger partial charge in [-0.05, 0) is 50.1 Å². The molecular formula is C16H26BrNO2. The fourth-order valence-corrected chi connectivity index (χ4v) is 3.19. The van der Waals surface area contributed by atoms with E-state index in [0.29, 0.717) is 0 Å². The Morgan fingerprint density at radius 1 is 1.25 bits per heavy atom. The zero-order valence-electron chi connectivity index (χ0n) is 13.1. The number of methoxy groups -OCH3 is 2. The zero-order chi connectivity index (χ0) is 15.2. The minimum Gasteiger partial charge on any atom is -0.497 e. The monoisotopic (exact) mass is 343 g/mol. The number of hydrogen-bond acceptors (Lipinski definition) is 3. The van der Waals surface area contributed by atoms with Gasteiger partial charge >= 0.3 is 0 Å². The highest BCUT2D eigenvalue weighted by Gasteiger charge is 2.35. The summed E-state index contributed by atoms with van der Waals surface area (Å²) in [5, 5.41) is 3.42. The number of ether oxygens (including phenoxy) is 2. The van der Waals surface area contributed by atoms with Gasteiger partial charge in [0.05, 0.1) is 12.7 Å². The van der Waals surface area contributed by atoms with Crippen LogP contribution in [0.3, 0.4) is 0 Å². The first kappa shape index (κ1) is 17.5. The van der Waals surface area contributed by atoms with Gasteiger partial charge in [-0.25, -0.2) is 0 Å². The summed E-state index contributed by atoms with van der Waals surface area (Å²) in [5.74, 6) is 0.883. The summed E-state index contributed by atoms with van der Waals surface area (Å²) in [4.78, 5) is 0. The molecule has 20 heavy (non-hydrogen) atoms. The molecule has 0 aliphatic heterocycles. The van der Waals surface area contributed by atoms with Crippen LogP contribution in [0.25, 0.3) is 0 Å². The Bertz CT molecular complexity index is 411. The Hall–Kier alpha value is -0.580. The highest BCUT2D eigenvalue weighted by atomic mass is 79.9. The molecule has 0 heterocycles. The third-order valence-electron chi connectivity index (χ3n) is 4.26. The van der Waals surface area contributed by atoms with Gasteiger partial charge < -0.3 is 14.8 Å². The van der Waals surface area contributed by atoms with E-state index in [1.807, 2.05) is 19.2 Å². The van der Waals surface area contributed by atoms with Gasteiger partial charge in [-0.2, -0.15) is 0 Å². The van der Waals surface area contributed by atoms with Gasteiger partial charge in [0.1, 0.15) is 5.75 Å². The Kier molecular flexibility index (Phi) is 7.00. The molecule has 1 aromatic carbocycles. The molecule has 0 saturated carbocycles. The summed E-state index contributed by atoms with van der Waals surface area (Å²) >= 11 is 3.63. The molecular weight excluding hydrogens is 318 g/mol. The molecule has 1 unspecified atom stereocenters. The Morgan fingerprint density at radius 2 is 1.90 bits per heavy atom. The van der Waals surface area contributed by atoms with Gasteiger partial charge in [0.25, 0.3) is 0 Å². The first-order chi connectivity index (χ1) is 9.56. The molecule has 1 rings (SSSR count). The van der Waals surface area contributed by atoms with Gasteiger partial charge in [-0.3, -0.25) is 0 Å². The van der Waals surface area contributed by atoms with E-state index < -0.39 is 0 Å². The van der Waals surface area contributed by atoms with E-state index >= 15 is 0 Å². The molecule has 0 radical (unpaired) electrons. The first-order valence-corrected chi connectivity index (χ1v) is 7.91. The van der Waals surface area contributed by atoms with E-state index in [-0.39, 0.29) is 11.6 Å². The van der Waals surface area contributed by atoms with Gasteiger partial charge in [0.15, 0.2) is 0 Å². The molecule has 3 nitrogen and oxygen atoms in total. The number of hydrogen-bond donors (Lipinski definition) is 1. The molecule has 0 aromatic heterocycles. The summed E-state index contributed by atoms with van der Waals surface area (Å²) in [5.41, 5.74) is 1.09. The lowest BCUT2D eigenvalue weighted by atomic mass is 9.84. The maximum absolute atomic E-state index is 5.85. The lowest BCUT2D eigenvalue weighted by Crippen LogP contribution is -2.51. The van der Waals surface area contributed by atoms with Gasteiger partial charge in [-0.1, -0.05) is 29.8 Å². The van der Waals surface area contributed by atoms with Crippen molar-refractivity contribution in [2.75, 3.05) is 21.3 Å². The Balaban J connectivity index is 3.04. The van der Waals surface area contributed by atoms with E-state index in [1.54, 1.807) is 14.2 Å². The van der Waals surface area contributed by atoms with Crippen molar-refractivity contribution in [2.24, 2.45) is 0 Å². The van der Waals surface area contributed by atoms with Crippen molar-refractivity contribution in [2.45, 2.75) is 44.8 Å². The number of nitrogens with one attached hydrogen (secondary N) is 1. The predicted molar refractivity (Wildman–Crippen MR) is 87.6 cm³/mol. The van der Waals surface area contributed by atoms with Crippen LogP contribution in [0.1, 0.15) is 32.3 Å². The molecule has 0 amide bonds. The maximum Gasteiger partial charge on any atom is 0.119 e. The molecule has 4 heteroatoms. The third-order valence-corrected chi connectivity index (χ3v) is 5.04. The highest BCUT2D eigenvalue weighted by Crippen LogP contribution is 2.30. The number of halogens is 1. The van der Waals surface area contributed by atoms with Crippen LogP contribution in [0.5, 0.6) is 5.75 Å². The fourth-order valence-electron chi connectivity index (χ4n) is 2.78. The second kappa shape index (κ2) is 8.01. The van der Waals surface area contributed by atoms with E-state index in [0.717, 1.165) is 29.5 Å². The van der Waals surface area contributed by atoms with Crippen LogP contribution >= 0.6 is 15.9 Å². The molecule has 0 bridgehead atoms. The second-order valence-electron chi connectivity index (χ2n) is 4.98. The van der Waals surface area contributed by atoms with Crippen molar-refractivity contribution in [3.63, 3.8) is 0 Å². The number of benzene rings is 1. The summed E-state index contributed by atoms with van der Waals surface area (Å²) in [6.07, 6.45) is 2.85. The number of rotatable bonds is 8. The molecule has 1 N–H and O–H groups in total. The Morgan fingerprint density at radius 3 is 2.35 bits per heavy atom. The first-order valence-electron chi connectivity index (χ1n) is 7.11. The lowest BCUT2D eigenvalue weighted by Gasteiger charge is -2.38. The summed E-state index contributed by atoms with van der Waals surface area (Å²) in [6, 6.07) is 6.34. The quantitative estimate of drug-likeness (QED) is 0.778. The standard InChI is InChI=1S/C16H26BrNO2/c1-6-16(7-2,20-5)15(18-3)11-12-10-13(19-4)8-9-14(12)17/h8-10,15,18H,6-7,11H2,1-5H3. The summed E-state index contributed by atoms with van der Waals surface area (Å²) < 4.78 is 12.3. The van der Waals surface area contributed by atoms with Crippen LogP contribution in [0.2, 0.25) is 0 Å². The lowest BCUT2D eigenvalue weighted by molar-refractivity contribution is -0.0454. The van der Waals surface area contributed by atoms with Crippen molar-refractivity contribution in [1.82, 2.24) is 5.32 Å². The van der Waals surface area contributed by atoms with E-state index in [4.69, 9.17) is 9.47 Å². The van der Waals surface area contributed by atoms with Crippen LogP contribution < -0.4 is 10.1 Å². The van der Waals surface area contributed by atoms with Crippen LogP contribution in [0.15, 0.2) is 22.7 Å². The molecule has 1 atom stereocenters. The second-order valence-corrected chi connectivity index (χ2v) is 5.83. The van der Waals surface area contributed by atoms with Crippen LogP contribution in [0, 0.1) is 0 Å². The maximum atomic E-state index is 5.85. The highest BCUT2D eigenvalue weighted by molar-refractivity contribution is 9.10. The topological polar surface area (TPSA) is 30.5 Å². The van der Waals surface area contributed by atoms with E-state index in [9.17, 15) is 0 Å². The average Bonchev–Trinajstić information content (AvgIpc) is 2.50. The normalized spacial score (nSPS) is 13.3. The largest absolute Gasteiger partial charge is 0.497 e. The predicted octanol–water partition coefficient (Wildman–Crippen LogP) is 3.79. The number of likely N-dealkylation sites (N-methyl/N-ethyl adjacent to an activating group) is 1. The zero-order valence-corrected chi connectivity index (χ0v) is 14.7. The van der Waals surface area contributed by atoms with E-state index in [1.165, 1.54) is 5.56 Å². The molecule has 1 aromatic rings. The SMILES string of the molecule is CCC(CC)(OC)C(Cc1cc(OC)ccc1Br)NC. The van der Waals surface area contributed by atoms with Crippen LogP contribution in [-0.4, -0.2) is 32.9 Å². The molecule has 0 fully saturated rings. The van der Waals surface area contributed by atoms with Gasteiger partial charge in [-0.15, -0.1) is 0 Å². The molecule has 114 valence electrons. The summed E-state index contributed by atoms with van der Waals surface area (Å²) in [7, 11) is 5.50. The smallest absolute Gasteiger partial charge is 0.119 e. The molecule has 0 aliphatic carbocycles. The minimum absolute atomic E-state index is 0.142. The van der Waals surface area contributed by atoms with E-state index in [2.05, 4.69) is 41.2 Å². The minimum atomic E-state index is -0.142. The van der Waals surface area contributed by atoms with Gasteiger partial charge in [0, 0.05) is 17.6 Å². The van der Waals surface area contributed by atoms with Crippen LogP contribution in [0.4, 0.5) is 0 Å². The van der Waals surface area contributed by atoms with Gasteiger partial charge in [0.2, 0.25) is 0 Å². The van der Waals surface area contributed by atoms with Crippen molar-refractivity contribution >= 4 is 15.9 Å². The van der Waals surface area contributed by atoms with Crippen molar-refractivity contribution in [1.29, 1.82) is 0 Å². The van der Waals surface area contributed by atoms with Crippen molar-refractivity contribution in [3.8, 4) is 5.75 Å². The van der Waals surface area contributed by atoms with Crippen LogP contribution in [-0.2, 0) is 11.2 Å². The molecule has 0 spiro atoms. The molecule has 0 aliphatic rings. The summed E-state index contributed by atoms with van der Waals surface area (Å²) in [6.45, 7) is 4.36.